The first kappa shape index (κ1) is 14.2. The molecule has 1 N–H and O–H groups in total. The maximum absolute atomic E-state index is 11.8. The molecule has 1 heterocycles. The van der Waals surface area contributed by atoms with Crippen molar-refractivity contribution in [1.82, 2.24) is 9.03 Å². The van der Waals surface area contributed by atoms with Crippen molar-refractivity contribution in [2.75, 3.05) is 19.6 Å². The summed E-state index contributed by atoms with van der Waals surface area (Å²) in [5.41, 5.74) is 0. The quantitative estimate of drug-likeness (QED) is 0.744. The van der Waals surface area contributed by atoms with Gasteiger partial charge in [0.15, 0.2) is 0 Å². The van der Waals surface area contributed by atoms with Gasteiger partial charge in [-0.15, -0.1) is 11.6 Å². The predicted octanol–water partition coefficient (Wildman–Crippen LogP) is 1.57. The Morgan fingerprint density at radius 2 is 1.88 bits per heavy atom. The fraction of sp³-hybridized carbons (Fsp3) is 1.00. The Kier molecular flexibility index (Phi) is 5.50. The molecule has 1 saturated heterocycles. The summed E-state index contributed by atoms with van der Waals surface area (Å²) in [7, 11) is -3.29. The summed E-state index contributed by atoms with van der Waals surface area (Å²) < 4.78 is 27.6. The van der Waals surface area contributed by atoms with Crippen molar-refractivity contribution in [2.45, 2.75) is 38.5 Å². The Hall–Kier alpha value is 0.160. The first-order chi connectivity index (χ1) is 7.42. The Labute approximate surface area is 104 Å². The first-order valence-corrected chi connectivity index (χ1v) is 7.68. The maximum Gasteiger partial charge on any atom is 0.279 e. The van der Waals surface area contributed by atoms with Crippen molar-refractivity contribution in [3.8, 4) is 0 Å². The van der Waals surface area contributed by atoms with Crippen LogP contribution in [0, 0.1) is 5.92 Å². The normalized spacial score (nSPS) is 20.5. The smallest absolute Gasteiger partial charge is 0.201 e. The van der Waals surface area contributed by atoms with Crippen LogP contribution in [0.5, 0.6) is 0 Å². The predicted molar refractivity (Wildman–Crippen MR) is 66.8 cm³/mol. The van der Waals surface area contributed by atoms with E-state index in [4.69, 9.17) is 11.6 Å². The molecule has 4 nitrogen and oxygen atoms in total. The first-order valence-electron chi connectivity index (χ1n) is 5.80. The summed E-state index contributed by atoms with van der Waals surface area (Å²) in [5, 5.41) is -0.127. The van der Waals surface area contributed by atoms with Gasteiger partial charge in [-0.25, -0.2) is 4.72 Å². The zero-order valence-corrected chi connectivity index (χ0v) is 11.5. The van der Waals surface area contributed by atoms with Crippen LogP contribution in [0.3, 0.4) is 0 Å². The van der Waals surface area contributed by atoms with Gasteiger partial charge in [-0.2, -0.15) is 12.7 Å². The summed E-state index contributed by atoms with van der Waals surface area (Å²) in [5.74, 6) is 0.485. The number of nitrogens with zero attached hydrogens (tertiary/aromatic N) is 1. The number of halogens is 1. The van der Waals surface area contributed by atoms with Gasteiger partial charge in [0, 0.05) is 25.0 Å². The molecule has 0 aromatic carbocycles. The van der Waals surface area contributed by atoms with Gasteiger partial charge >= 0.3 is 0 Å². The van der Waals surface area contributed by atoms with E-state index in [-0.39, 0.29) is 5.38 Å². The second kappa shape index (κ2) is 6.19. The minimum atomic E-state index is -3.29. The van der Waals surface area contributed by atoms with Crippen molar-refractivity contribution >= 4 is 21.8 Å². The van der Waals surface area contributed by atoms with Crippen LogP contribution >= 0.6 is 11.6 Å². The van der Waals surface area contributed by atoms with E-state index in [0.29, 0.717) is 25.6 Å². The van der Waals surface area contributed by atoms with Crippen molar-refractivity contribution < 1.29 is 8.42 Å². The Bertz CT molecular complexity index is 300. The number of hydrogen-bond donors (Lipinski definition) is 1. The lowest BCUT2D eigenvalue weighted by Crippen LogP contribution is -2.41. The molecule has 0 aliphatic carbocycles. The van der Waals surface area contributed by atoms with Gasteiger partial charge in [-0.05, 0) is 25.2 Å². The van der Waals surface area contributed by atoms with E-state index in [2.05, 4.69) is 18.6 Å². The number of hydrogen-bond acceptors (Lipinski definition) is 2. The molecule has 0 amide bonds. The van der Waals surface area contributed by atoms with Gasteiger partial charge in [0.25, 0.3) is 10.2 Å². The highest BCUT2D eigenvalue weighted by atomic mass is 35.5. The minimum absolute atomic E-state index is 0.127. The molecular formula is C10H21ClN2O2S. The highest BCUT2D eigenvalue weighted by Gasteiger charge is 2.25. The second-order valence-electron chi connectivity index (χ2n) is 4.69. The van der Waals surface area contributed by atoms with E-state index in [1.807, 2.05) is 0 Å². The lowest BCUT2D eigenvalue weighted by Gasteiger charge is -2.18. The van der Waals surface area contributed by atoms with Crippen LogP contribution in [-0.2, 0) is 10.2 Å². The van der Waals surface area contributed by atoms with E-state index in [9.17, 15) is 8.42 Å². The fourth-order valence-electron chi connectivity index (χ4n) is 1.81. The average molecular weight is 269 g/mol. The third-order valence-corrected chi connectivity index (χ3v) is 4.53. The van der Waals surface area contributed by atoms with E-state index in [1.54, 1.807) is 0 Å². The highest BCUT2D eigenvalue weighted by Crippen LogP contribution is 2.13. The SMILES string of the molecule is CC(C)CC(Cl)CNS(=O)(=O)N1CCCC1. The van der Waals surface area contributed by atoms with E-state index >= 15 is 0 Å². The van der Waals surface area contributed by atoms with Gasteiger partial charge in [0.05, 0.1) is 0 Å². The topological polar surface area (TPSA) is 49.4 Å². The highest BCUT2D eigenvalue weighted by molar-refractivity contribution is 7.87. The van der Waals surface area contributed by atoms with Crippen molar-refractivity contribution in [3.63, 3.8) is 0 Å². The summed E-state index contributed by atoms with van der Waals surface area (Å²) in [6.45, 7) is 5.73. The van der Waals surface area contributed by atoms with Crippen LogP contribution in [0.25, 0.3) is 0 Å². The van der Waals surface area contributed by atoms with Gasteiger partial charge < -0.3 is 0 Å². The molecular weight excluding hydrogens is 248 g/mol. The van der Waals surface area contributed by atoms with Gasteiger partial charge in [0.1, 0.15) is 0 Å². The molecule has 16 heavy (non-hydrogen) atoms. The molecule has 0 aromatic heterocycles. The van der Waals surface area contributed by atoms with Crippen LogP contribution in [0.2, 0.25) is 0 Å². The second-order valence-corrected chi connectivity index (χ2v) is 7.06. The minimum Gasteiger partial charge on any atom is -0.201 e. The van der Waals surface area contributed by atoms with Crippen molar-refractivity contribution in [1.29, 1.82) is 0 Å². The van der Waals surface area contributed by atoms with E-state index in [0.717, 1.165) is 19.3 Å². The third-order valence-electron chi connectivity index (χ3n) is 2.62. The average Bonchev–Trinajstić information content (AvgIpc) is 2.67. The number of nitrogens with one attached hydrogen (secondary N) is 1. The molecule has 96 valence electrons. The van der Waals surface area contributed by atoms with Gasteiger partial charge in [-0.1, -0.05) is 13.8 Å². The number of rotatable bonds is 6. The summed E-state index contributed by atoms with van der Waals surface area (Å²) in [6, 6.07) is 0. The molecule has 1 rings (SSSR count). The zero-order chi connectivity index (χ0) is 12.2. The van der Waals surface area contributed by atoms with Crippen LogP contribution < -0.4 is 4.72 Å². The Balaban J connectivity index is 2.35. The van der Waals surface area contributed by atoms with Crippen molar-refractivity contribution in [3.05, 3.63) is 0 Å². The molecule has 1 unspecified atom stereocenters. The number of alkyl halides is 1. The van der Waals surface area contributed by atoms with E-state index < -0.39 is 10.2 Å². The lowest BCUT2D eigenvalue weighted by atomic mass is 10.1. The molecule has 0 radical (unpaired) electrons. The molecule has 1 aliphatic heterocycles. The Morgan fingerprint density at radius 1 is 1.31 bits per heavy atom. The maximum atomic E-state index is 11.8. The molecule has 0 aromatic rings. The van der Waals surface area contributed by atoms with Crippen LogP contribution in [-0.4, -0.2) is 37.7 Å². The molecule has 1 fully saturated rings. The van der Waals surface area contributed by atoms with Crippen LogP contribution in [0.4, 0.5) is 0 Å². The van der Waals surface area contributed by atoms with Crippen molar-refractivity contribution in [2.24, 2.45) is 5.92 Å². The zero-order valence-electron chi connectivity index (χ0n) is 9.95. The van der Waals surface area contributed by atoms with Gasteiger partial charge in [-0.3, -0.25) is 0 Å². The molecule has 0 bridgehead atoms. The lowest BCUT2D eigenvalue weighted by molar-refractivity contribution is 0.461. The fourth-order valence-corrected chi connectivity index (χ4v) is 3.67. The summed E-state index contributed by atoms with van der Waals surface area (Å²) >= 11 is 6.04. The van der Waals surface area contributed by atoms with Gasteiger partial charge in [0.2, 0.25) is 0 Å². The standard InChI is InChI=1S/C10H21ClN2O2S/c1-9(2)7-10(11)8-12-16(14,15)13-5-3-4-6-13/h9-10,12H,3-8H2,1-2H3. The molecule has 1 atom stereocenters. The molecule has 0 saturated carbocycles. The Morgan fingerprint density at radius 3 is 2.38 bits per heavy atom. The van der Waals surface area contributed by atoms with E-state index in [1.165, 1.54) is 4.31 Å². The van der Waals surface area contributed by atoms with Crippen LogP contribution in [0.15, 0.2) is 0 Å². The summed E-state index contributed by atoms with van der Waals surface area (Å²) in [6.07, 6.45) is 2.73. The molecule has 1 aliphatic rings. The monoisotopic (exact) mass is 268 g/mol. The molecule has 0 spiro atoms. The molecule has 6 heteroatoms. The summed E-state index contributed by atoms with van der Waals surface area (Å²) in [4.78, 5) is 0. The third kappa shape index (κ3) is 4.57. The van der Waals surface area contributed by atoms with Crippen LogP contribution in [0.1, 0.15) is 33.1 Å². The largest absolute Gasteiger partial charge is 0.279 e.